The molecule has 1 unspecified atom stereocenters. The Kier molecular flexibility index (Phi) is 8.78. The van der Waals surface area contributed by atoms with Crippen LogP contribution in [0.25, 0.3) is 5.70 Å². The van der Waals surface area contributed by atoms with E-state index in [4.69, 9.17) is 27.9 Å². The standard InChI is InChI=1S/C22H26ClF3N8O3/c1-12(15-4-3-7-29-18(15)23)37-21(36)32-19(33(2)28)17(27)16-6-5-14(8-30-16)31-20(35)13-9-34(10-13)11-22(24,25)26/h3-8,12-13H,9-11,27-28H2,1-2H3,(H,31,35)(H,32,36)/b19-17-. The third kappa shape index (κ3) is 7.68. The number of amides is 2. The van der Waals surface area contributed by atoms with Crippen LogP contribution < -0.4 is 22.2 Å². The van der Waals surface area contributed by atoms with Crippen LogP contribution in [0.2, 0.25) is 5.15 Å². The van der Waals surface area contributed by atoms with E-state index in [0.717, 1.165) is 9.91 Å². The van der Waals surface area contributed by atoms with Crippen molar-refractivity contribution in [3.63, 3.8) is 0 Å². The van der Waals surface area contributed by atoms with Crippen molar-refractivity contribution < 1.29 is 27.5 Å². The quantitative estimate of drug-likeness (QED) is 0.224. The molecule has 1 aliphatic rings. The largest absolute Gasteiger partial charge is 0.441 e. The van der Waals surface area contributed by atoms with Crippen LogP contribution in [0.5, 0.6) is 0 Å². The number of alkyl carbamates (subject to hydrolysis) is 1. The minimum atomic E-state index is -4.30. The minimum absolute atomic E-state index is 0.00186. The highest BCUT2D eigenvalue weighted by Gasteiger charge is 2.39. The molecule has 3 rings (SSSR count). The normalized spacial score (nSPS) is 15.8. The molecule has 2 aromatic heterocycles. The number of nitrogens with two attached hydrogens (primary N) is 2. The molecule has 0 spiro atoms. The van der Waals surface area contributed by atoms with Crippen LogP contribution in [0, 0.1) is 5.92 Å². The zero-order valence-electron chi connectivity index (χ0n) is 19.9. The summed E-state index contributed by atoms with van der Waals surface area (Å²) in [6.45, 7) is 0.611. The van der Waals surface area contributed by atoms with Gasteiger partial charge in [-0.3, -0.25) is 25.0 Å². The number of hydrogen-bond donors (Lipinski definition) is 4. The molecule has 1 aliphatic heterocycles. The van der Waals surface area contributed by atoms with Crippen molar-refractivity contribution in [2.45, 2.75) is 19.2 Å². The Morgan fingerprint density at radius 1 is 1.30 bits per heavy atom. The number of nitrogens with one attached hydrogen (secondary N) is 2. The molecule has 0 saturated carbocycles. The molecule has 37 heavy (non-hydrogen) atoms. The van der Waals surface area contributed by atoms with E-state index >= 15 is 0 Å². The number of aromatic nitrogens is 2. The van der Waals surface area contributed by atoms with Crippen molar-refractivity contribution in [1.82, 2.24) is 25.2 Å². The van der Waals surface area contributed by atoms with Crippen molar-refractivity contribution in [3.05, 3.63) is 58.9 Å². The fourth-order valence-electron chi connectivity index (χ4n) is 3.51. The Bertz CT molecular complexity index is 1150. The van der Waals surface area contributed by atoms with Crippen molar-refractivity contribution in [3.8, 4) is 0 Å². The monoisotopic (exact) mass is 542 g/mol. The van der Waals surface area contributed by atoms with Gasteiger partial charge in [-0.15, -0.1) is 0 Å². The molecule has 0 aliphatic carbocycles. The number of carbonyl (C=O) groups excluding carboxylic acids is 2. The summed E-state index contributed by atoms with van der Waals surface area (Å²) in [6, 6.07) is 6.32. The third-order valence-electron chi connectivity index (χ3n) is 5.38. The van der Waals surface area contributed by atoms with Gasteiger partial charge in [0, 0.05) is 31.9 Å². The van der Waals surface area contributed by atoms with Crippen LogP contribution in [0.4, 0.5) is 23.7 Å². The molecule has 11 nitrogen and oxygen atoms in total. The van der Waals surface area contributed by atoms with E-state index in [9.17, 15) is 22.8 Å². The van der Waals surface area contributed by atoms with E-state index < -0.39 is 36.7 Å². The lowest BCUT2D eigenvalue weighted by atomic mass is 9.99. The summed E-state index contributed by atoms with van der Waals surface area (Å²) in [5, 5.41) is 6.34. The first kappa shape index (κ1) is 28.0. The Labute approximate surface area is 215 Å². The molecule has 3 heterocycles. The van der Waals surface area contributed by atoms with Crippen LogP contribution in [-0.4, -0.2) is 64.7 Å². The van der Waals surface area contributed by atoms with E-state index in [1.807, 2.05) is 0 Å². The summed E-state index contributed by atoms with van der Waals surface area (Å²) in [7, 11) is 1.44. The maximum atomic E-state index is 12.5. The molecule has 6 N–H and O–H groups in total. The van der Waals surface area contributed by atoms with Gasteiger partial charge in [-0.25, -0.2) is 15.6 Å². The van der Waals surface area contributed by atoms with Gasteiger partial charge in [0.15, 0.2) is 5.82 Å². The number of pyridine rings is 2. The first-order valence-electron chi connectivity index (χ1n) is 11.0. The van der Waals surface area contributed by atoms with E-state index in [-0.39, 0.29) is 35.5 Å². The summed E-state index contributed by atoms with van der Waals surface area (Å²) >= 11 is 6.03. The number of nitrogens with zero attached hydrogens (tertiary/aromatic N) is 4. The number of halogens is 4. The number of alkyl halides is 3. The lowest BCUT2D eigenvalue weighted by molar-refractivity contribution is -0.162. The van der Waals surface area contributed by atoms with Gasteiger partial charge in [0.05, 0.1) is 30.0 Å². The SMILES string of the molecule is CC(OC(=O)N/C(=C(/N)c1ccc(NC(=O)C2CN(CC(F)(F)F)C2)cn1)N(C)N)c1cccnc1Cl. The predicted molar refractivity (Wildman–Crippen MR) is 129 cm³/mol. The maximum absolute atomic E-state index is 12.5. The molecule has 2 aromatic rings. The zero-order valence-corrected chi connectivity index (χ0v) is 20.7. The van der Waals surface area contributed by atoms with Crippen LogP contribution in [0.15, 0.2) is 42.5 Å². The summed E-state index contributed by atoms with van der Waals surface area (Å²) in [5.41, 5.74) is 7.23. The average molecular weight is 543 g/mol. The summed E-state index contributed by atoms with van der Waals surface area (Å²) in [5.74, 6) is 4.86. The Hall–Kier alpha value is -3.62. The second-order valence-electron chi connectivity index (χ2n) is 8.36. The zero-order chi connectivity index (χ0) is 27.3. The van der Waals surface area contributed by atoms with Gasteiger partial charge in [0.2, 0.25) is 5.91 Å². The van der Waals surface area contributed by atoms with Crippen molar-refractivity contribution >= 4 is 35.0 Å². The number of anilines is 1. The van der Waals surface area contributed by atoms with Gasteiger partial charge in [-0.05, 0) is 25.1 Å². The molecule has 0 bridgehead atoms. The Balaban J connectivity index is 1.61. The van der Waals surface area contributed by atoms with Gasteiger partial charge in [-0.1, -0.05) is 17.7 Å². The first-order valence-corrected chi connectivity index (χ1v) is 11.3. The highest BCUT2D eigenvalue weighted by Crippen LogP contribution is 2.25. The highest BCUT2D eigenvalue weighted by atomic mass is 35.5. The van der Waals surface area contributed by atoms with Crippen LogP contribution in [-0.2, 0) is 9.53 Å². The second-order valence-corrected chi connectivity index (χ2v) is 8.71. The number of hydrazine groups is 1. The van der Waals surface area contributed by atoms with Gasteiger partial charge < -0.3 is 15.8 Å². The summed E-state index contributed by atoms with van der Waals surface area (Å²) in [6.07, 6.45) is -3.05. The summed E-state index contributed by atoms with van der Waals surface area (Å²) < 4.78 is 42.6. The van der Waals surface area contributed by atoms with Crippen LogP contribution in [0.3, 0.4) is 0 Å². The maximum Gasteiger partial charge on any atom is 0.413 e. The number of carbonyl (C=O) groups is 2. The van der Waals surface area contributed by atoms with Gasteiger partial charge in [0.25, 0.3) is 0 Å². The van der Waals surface area contributed by atoms with E-state index in [1.165, 1.54) is 31.6 Å². The molecule has 200 valence electrons. The third-order valence-corrected chi connectivity index (χ3v) is 5.69. The molecular formula is C22H26ClF3N8O3. The molecule has 1 atom stereocenters. The average Bonchev–Trinajstić information content (AvgIpc) is 2.79. The lowest BCUT2D eigenvalue weighted by Crippen LogP contribution is -2.54. The predicted octanol–water partition coefficient (Wildman–Crippen LogP) is 2.44. The fourth-order valence-corrected chi connectivity index (χ4v) is 3.78. The van der Waals surface area contributed by atoms with Crippen molar-refractivity contribution in [2.24, 2.45) is 17.5 Å². The molecule has 0 aromatic carbocycles. The lowest BCUT2D eigenvalue weighted by Gasteiger charge is -2.38. The minimum Gasteiger partial charge on any atom is -0.441 e. The van der Waals surface area contributed by atoms with Crippen LogP contribution >= 0.6 is 11.6 Å². The molecule has 1 fully saturated rings. The van der Waals surface area contributed by atoms with E-state index in [1.54, 1.807) is 19.1 Å². The second kappa shape index (κ2) is 11.6. The smallest absolute Gasteiger partial charge is 0.413 e. The Morgan fingerprint density at radius 2 is 2.00 bits per heavy atom. The van der Waals surface area contributed by atoms with Gasteiger partial charge in [-0.2, -0.15) is 13.2 Å². The highest BCUT2D eigenvalue weighted by molar-refractivity contribution is 6.30. The molecular weight excluding hydrogens is 517 g/mol. The first-order chi connectivity index (χ1) is 17.3. The molecule has 2 amide bonds. The number of rotatable bonds is 8. The van der Waals surface area contributed by atoms with Crippen LogP contribution in [0.1, 0.15) is 24.3 Å². The molecule has 0 radical (unpaired) electrons. The number of ether oxygens (including phenoxy) is 1. The molecule has 1 saturated heterocycles. The van der Waals surface area contributed by atoms with E-state index in [2.05, 4.69) is 20.6 Å². The topological polar surface area (TPSA) is 152 Å². The number of hydrogen-bond acceptors (Lipinski definition) is 9. The molecule has 15 heteroatoms. The Morgan fingerprint density at radius 3 is 2.57 bits per heavy atom. The summed E-state index contributed by atoms with van der Waals surface area (Å²) in [4.78, 5) is 34.0. The number of likely N-dealkylation sites (tertiary alicyclic amines) is 1. The fraction of sp³-hybridized carbons (Fsp3) is 0.364. The van der Waals surface area contributed by atoms with Gasteiger partial charge >= 0.3 is 12.3 Å². The van der Waals surface area contributed by atoms with Crippen molar-refractivity contribution in [1.29, 1.82) is 0 Å². The van der Waals surface area contributed by atoms with E-state index in [0.29, 0.717) is 11.3 Å². The van der Waals surface area contributed by atoms with Gasteiger partial charge in [0.1, 0.15) is 17.0 Å². The van der Waals surface area contributed by atoms with Crippen molar-refractivity contribution in [2.75, 3.05) is 32.0 Å².